The second-order valence-corrected chi connectivity index (χ2v) is 6.21. The maximum Gasteiger partial charge on any atom is 0.244 e. The van der Waals surface area contributed by atoms with Crippen LogP contribution in [0.25, 0.3) is 0 Å². The fourth-order valence-electron chi connectivity index (χ4n) is 3.33. The minimum absolute atomic E-state index is 0.167. The maximum atomic E-state index is 12.4. The van der Waals surface area contributed by atoms with Crippen molar-refractivity contribution in [3.05, 3.63) is 18.0 Å². The van der Waals surface area contributed by atoms with Gasteiger partial charge >= 0.3 is 0 Å². The Balaban J connectivity index is 1.58. The lowest BCUT2D eigenvalue weighted by Crippen LogP contribution is -2.47. The monoisotopic (exact) mass is 292 g/mol. The molecule has 3 rings (SSSR count). The van der Waals surface area contributed by atoms with E-state index in [1.54, 1.807) is 10.9 Å². The molecule has 116 valence electrons. The Bertz CT molecular complexity index is 496. The molecule has 0 radical (unpaired) electrons. The first-order chi connectivity index (χ1) is 10.1. The number of rotatable bonds is 3. The lowest BCUT2D eigenvalue weighted by molar-refractivity contribution is -0.131. The number of carbonyl (C=O) groups excluding carboxylic acids is 1. The van der Waals surface area contributed by atoms with Crippen LogP contribution in [-0.4, -0.2) is 70.9 Å². The van der Waals surface area contributed by atoms with Gasteiger partial charge in [-0.2, -0.15) is 5.10 Å². The van der Waals surface area contributed by atoms with Crippen molar-refractivity contribution < 1.29 is 9.53 Å². The summed E-state index contributed by atoms with van der Waals surface area (Å²) in [5.41, 5.74) is 1.09. The highest BCUT2D eigenvalue weighted by Gasteiger charge is 2.36. The van der Waals surface area contributed by atoms with Crippen LogP contribution in [0.2, 0.25) is 0 Å². The molecule has 6 heteroatoms. The standard InChI is InChI=1S/C15H24N4O2/c1-12-7-16-19(8-12)11-15(20)18-9-13(2)14(10-18)17-3-5-21-6-4-17/h7-8,13-14H,3-6,9-11H2,1-2H3/t13-,14-/m1/s1. The number of amides is 1. The van der Waals surface area contributed by atoms with Gasteiger partial charge in [-0.3, -0.25) is 14.4 Å². The average Bonchev–Trinajstić information content (AvgIpc) is 3.06. The first-order valence-corrected chi connectivity index (χ1v) is 7.72. The Kier molecular flexibility index (Phi) is 4.26. The molecule has 3 heterocycles. The Morgan fingerprint density at radius 3 is 2.81 bits per heavy atom. The summed E-state index contributed by atoms with van der Waals surface area (Å²) < 4.78 is 7.14. The minimum Gasteiger partial charge on any atom is -0.379 e. The summed E-state index contributed by atoms with van der Waals surface area (Å²) in [5.74, 6) is 0.687. The van der Waals surface area contributed by atoms with Crippen LogP contribution in [0.1, 0.15) is 12.5 Å². The van der Waals surface area contributed by atoms with Crippen LogP contribution >= 0.6 is 0 Å². The fraction of sp³-hybridized carbons (Fsp3) is 0.733. The first kappa shape index (κ1) is 14.5. The zero-order chi connectivity index (χ0) is 14.8. The van der Waals surface area contributed by atoms with Gasteiger partial charge < -0.3 is 9.64 Å². The van der Waals surface area contributed by atoms with E-state index in [0.29, 0.717) is 18.5 Å². The molecule has 2 atom stereocenters. The van der Waals surface area contributed by atoms with E-state index in [0.717, 1.165) is 45.0 Å². The molecule has 1 aromatic rings. The van der Waals surface area contributed by atoms with E-state index in [2.05, 4.69) is 16.9 Å². The van der Waals surface area contributed by atoms with Crippen LogP contribution in [0.5, 0.6) is 0 Å². The van der Waals surface area contributed by atoms with E-state index in [1.165, 1.54) is 0 Å². The smallest absolute Gasteiger partial charge is 0.244 e. The van der Waals surface area contributed by atoms with Gasteiger partial charge in [-0.15, -0.1) is 0 Å². The largest absolute Gasteiger partial charge is 0.379 e. The normalized spacial score (nSPS) is 27.2. The molecule has 0 N–H and O–H groups in total. The third-order valence-electron chi connectivity index (χ3n) is 4.50. The SMILES string of the molecule is Cc1cnn(CC(=O)N2C[C@@H](C)[C@H](N3CCOCC3)C2)c1. The van der Waals surface area contributed by atoms with E-state index in [9.17, 15) is 4.79 Å². The molecule has 2 aliphatic rings. The molecule has 0 saturated carbocycles. The number of ether oxygens (including phenoxy) is 1. The van der Waals surface area contributed by atoms with E-state index in [1.807, 2.05) is 18.0 Å². The third-order valence-corrected chi connectivity index (χ3v) is 4.50. The van der Waals surface area contributed by atoms with Gasteiger partial charge in [0.05, 0.1) is 19.4 Å². The van der Waals surface area contributed by atoms with Crippen LogP contribution < -0.4 is 0 Å². The van der Waals surface area contributed by atoms with Crippen LogP contribution in [0.15, 0.2) is 12.4 Å². The van der Waals surface area contributed by atoms with Crippen LogP contribution in [-0.2, 0) is 16.1 Å². The molecule has 0 bridgehead atoms. The van der Waals surface area contributed by atoms with Crippen molar-refractivity contribution in [3.63, 3.8) is 0 Å². The zero-order valence-corrected chi connectivity index (χ0v) is 12.9. The molecule has 6 nitrogen and oxygen atoms in total. The molecule has 0 aromatic carbocycles. The number of aryl methyl sites for hydroxylation is 1. The Morgan fingerprint density at radius 1 is 1.38 bits per heavy atom. The van der Waals surface area contributed by atoms with Gasteiger partial charge in [0.2, 0.25) is 5.91 Å². The molecular formula is C15H24N4O2. The van der Waals surface area contributed by atoms with Crippen molar-refractivity contribution >= 4 is 5.91 Å². The summed E-state index contributed by atoms with van der Waals surface area (Å²) in [5, 5.41) is 4.20. The number of aromatic nitrogens is 2. The highest BCUT2D eigenvalue weighted by molar-refractivity contribution is 5.76. The molecule has 1 aromatic heterocycles. The molecular weight excluding hydrogens is 268 g/mol. The topological polar surface area (TPSA) is 50.6 Å². The van der Waals surface area contributed by atoms with Crippen molar-refractivity contribution in [1.82, 2.24) is 19.6 Å². The number of carbonyl (C=O) groups is 1. The fourth-order valence-corrected chi connectivity index (χ4v) is 3.33. The van der Waals surface area contributed by atoms with Gasteiger partial charge in [0, 0.05) is 38.4 Å². The lowest BCUT2D eigenvalue weighted by atomic mass is 10.0. The second-order valence-electron chi connectivity index (χ2n) is 6.21. The zero-order valence-electron chi connectivity index (χ0n) is 12.9. The number of nitrogens with zero attached hydrogens (tertiary/aromatic N) is 4. The predicted molar refractivity (Wildman–Crippen MR) is 78.9 cm³/mol. The maximum absolute atomic E-state index is 12.4. The van der Waals surface area contributed by atoms with Crippen molar-refractivity contribution in [2.75, 3.05) is 39.4 Å². The summed E-state index contributed by atoms with van der Waals surface area (Å²) in [7, 11) is 0. The molecule has 1 amide bonds. The van der Waals surface area contributed by atoms with E-state index >= 15 is 0 Å². The summed E-state index contributed by atoms with van der Waals surface area (Å²) in [6.07, 6.45) is 3.70. The summed E-state index contributed by atoms with van der Waals surface area (Å²) in [6, 6.07) is 0.470. The van der Waals surface area contributed by atoms with Crippen LogP contribution in [0.3, 0.4) is 0 Å². The van der Waals surface area contributed by atoms with Crippen molar-refractivity contribution in [1.29, 1.82) is 0 Å². The Hall–Kier alpha value is -1.40. The van der Waals surface area contributed by atoms with Crippen molar-refractivity contribution in [2.24, 2.45) is 5.92 Å². The second kappa shape index (κ2) is 6.15. The summed E-state index contributed by atoms with van der Waals surface area (Å²) in [4.78, 5) is 16.9. The average molecular weight is 292 g/mol. The Morgan fingerprint density at radius 2 is 2.14 bits per heavy atom. The van der Waals surface area contributed by atoms with Gasteiger partial charge in [0.15, 0.2) is 0 Å². The number of hydrogen-bond donors (Lipinski definition) is 0. The van der Waals surface area contributed by atoms with Gasteiger partial charge in [0.25, 0.3) is 0 Å². The molecule has 2 saturated heterocycles. The van der Waals surface area contributed by atoms with E-state index in [-0.39, 0.29) is 5.91 Å². The molecule has 2 aliphatic heterocycles. The van der Waals surface area contributed by atoms with Crippen molar-refractivity contribution in [3.8, 4) is 0 Å². The van der Waals surface area contributed by atoms with Crippen molar-refractivity contribution in [2.45, 2.75) is 26.4 Å². The molecule has 2 fully saturated rings. The van der Waals surface area contributed by atoms with Crippen LogP contribution in [0, 0.1) is 12.8 Å². The Labute approximate surface area is 125 Å². The highest BCUT2D eigenvalue weighted by Crippen LogP contribution is 2.23. The predicted octanol–water partition coefficient (Wildman–Crippen LogP) is 0.371. The summed E-state index contributed by atoms with van der Waals surface area (Å²) in [6.45, 7) is 9.84. The lowest BCUT2D eigenvalue weighted by Gasteiger charge is -2.33. The number of morpholine rings is 1. The molecule has 0 aliphatic carbocycles. The third kappa shape index (κ3) is 3.27. The minimum atomic E-state index is 0.167. The van der Waals surface area contributed by atoms with Gasteiger partial charge in [-0.25, -0.2) is 0 Å². The first-order valence-electron chi connectivity index (χ1n) is 7.72. The van der Waals surface area contributed by atoms with E-state index < -0.39 is 0 Å². The molecule has 21 heavy (non-hydrogen) atoms. The highest BCUT2D eigenvalue weighted by atomic mass is 16.5. The van der Waals surface area contributed by atoms with E-state index in [4.69, 9.17) is 4.74 Å². The van der Waals surface area contributed by atoms with Gasteiger partial charge in [-0.1, -0.05) is 6.92 Å². The quantitative estimate of drug-likeness (QED) is 0.808. The molecule has 0 spiro atoms. The number of likely N-dealkylation sites (tertiary alicyclic amines) is 1. The van der Waals surface area contributed by atoms with Crippen LogP contribution in [0.4, 0.5) is 0 Å². The summed E-state index contributed by atoms with van der Waals surface area (Å²) >= 11 is 0. The number of hydrogen-bond acceptors (Lipinski definition) is 4. The van der Waals surface area contributed by atoms with Gasteiger partial charge in [0.1, 0.15) is 6.54 Å². The molecule has 0 unspecified atom stereocenters. The van der Waals surface area contributed by atoms with Gasteiger partial charge in [-0.05, 0) is 18.4 Å².